The van der Waals surface area contributed by atoms with Crippen LogP contribution in [0.4, 0.5) is 30.2 Å². The van der Waals surface area contributed by atoms with Gasteiger partial charge in [0.2, 0.25) is 0 Å². The standard InChI is InChI=1S/C25H27F3N8O2/c1-15-23(36-14-22(32-33-36)21-13-30-34(3)16(21)2)8-17(12-29-15)24(37)31-19-9-18(25(26,27)28)10-20(11-19)35-4-6-38-7-5-35/h8-14,32-33H,4-7H2,1-3H3,(H,31,37). The number of aromatic nitrogens is 3. The molecule has 38 heavy (non-hydrogen) atoms. The first-order valence-electron chi connectivity index (χ1n) is 11.9. The summed E-state index contributed by atoms with van der Waals surface area (Å²) in [4.78, 5) is 19.3. The number of amides is 1. The lowest BCUT2D eigenvalue weighted by Crippen LogP contribution is -2.37. The lowest BCUT2D eigenvalue weighted by molar-refractivity contribution is -0.137. The maximum Gasteiger partial charge on any atom is 0.416 e. The number of benzene rings is 1. The lowest BCUT2D eigenvalue weighted by Gasteiger charge is -2.29. The van der Waals surface area contributed by atoms with Crippen molar-refractivity contribution in [2.45, 2.75) is 20.0 Å². The largest absolute Gasteiger partial charge is 0.416 e. The van der Waals surface area contributed by atoms with Crippen LogP contribution in [-0.2, 0) is 18.0 Å². The Morgan fingerprint density at radius 3 is 2.55 bits per heavy atom. The van der Waals surface area contributed by atoms with E-state index in [4.69, 9.17) is 4.74 Å². The van der Waals surface area contributed by atoms with Crippen LogP contribution in [-0.4, -0.2) is 47.0 Å². The maximum atomic E-state index is 13.6. The molecule has 13 heteroatoms. The quantitative estimate of drug-likeness (QED) is 0.464. The molecule has 1 amide bonds. The topological polar surface area (TPSA) is 99.6 Å². The van der Waals surface area contributed by atoms with Crippen LogP contribution in [0.1, 0.15) is 32.9 Å². The minimum atomic E-state index is -4.56. The molecule has 1 fully saturated rings. The summed E-state index contributed by atoms with van der Waals surface area (Å²) in [5.74, 6) is -0.578. The van der Waals surface area contributed by atoms with E-state index in [2.05, 4.69) is 26.4 Å². The van der Waals surface area contributed by atoms with Crippen LogP contribution in [0.3, 0.4) is 0 Å². The Balaban J connectivity index is 1.40. The number of rotatable bonds is 5. The second kappa shape index (κ2) is 9.99. The molecule has 3 aromatic rings. The van der Waals surface area contributed by atoms with Gasteiger partial charge in [-0.2, -0.15) is 18.3 Å². The average molecular weight is 529 g/mol. The van der Waals surface area contributed by atoms with Crippen molar-refractivity contribution in [1.29, 1.82) is 0 Å². The van der Waals surface area contributed by atoms with Gasteiger partial charge in [-0.05, 0) is 38.1 Å². The second-order valence-corrected chi connectivity index (χ2v) is 9.07. The molecule has 1 aromatic carbocycles. The fourth-order valence-corrected chi connectivity index (χ4v) is 4.29. The summed E-state index contributed by atoms with van der Waals surface area (Å²) >= 11 is 0. The predicted molar refractivity (Wildman–Crippen MR) is 136 cm³/mol. The Hall–Kier alpha value is -4.10. The van der Waals surface area contributed by atoms with Gasteiger partial charge in [0.05, 0.1) is 47.6 Å². The normalized spacial score (nSPS) is 15.9. The number of hydrogen-bond donors (Lipinski definition) is 3. The second-order valence-electron chi connectivity index (χ2n) is 9.07. The molecular formula is C25H27F3N8O2. The summed E-state index contributed by atoms with van der Waals surface area (Å²) in [7, 11) is 1.85. The Labute approximate surface area is 217 Å². The summed E-state index contributed by atoms with van der Waals surface area (Å²) in [6, 6.07) is 5.19. The van der Waals surface area contributed by atoms with Crippen molar-refractivity contribution in [1.82, 2.24) is 25.7 Å². The van der Waals surface area contributed by atoms with Crippen LogP contribution >= 0.6 is 0 Å². The lowest BCUT2D eigenvalue weighted by atomic mass is 10.1. The van der Waals surface area contributed by atoms with Gasteiger partial charge in [-0.3, -0.25) is 19.5 Å². The molecule has 2 aliphatic rings. The van der Waals surface area contributed by atoms with Crippen LogP contribution in [0.2, 0.25) is 0 Å². The molecule has 5 rings (SSSR count). The molecule has 0 unspecified atom stereocenters. The number of pyridine rings is 1. The Morgan fingerprint density at radius 2 is 1.87 bits per heavy atom. The number of alkyl halides is 3. The summed E-state index contributed by atoms with van der Waals surface area (Å²) in [6.45, 7) is 5.51. The highest BCUT2D eigenvalue weighted by Crippen LogP contribution is 2.35. The van der Waals surface area contributed by atoms with Crippen molar-refractivity contribution in [3.8, 4) is 0 Å². The monoisotopic (exact) mass is 528 g/mol. The summed E-state index contributed by atoms with van der Waals surface area (Å²) in [6.07, 6.45) is 0.390. The summed E-state index contributed by atoms with van der Waals surface area (Å²) in [5, 5.41) is 8.55. The third-order valence-electron chi connectivity index (χ3n) is 6.56. The molecule has 0 radical (unpaired) electrons. The highest BCUT2D eigenvalue weighted by atomic mass is 19.4. The molecule has 2 aromatic heterocycles. The number of aryl methyl sites for hydroxylation is 2. The van der Waals surface area contributed by atoms with Gasteiger partial charge < -0.3 is 20.4 Å². The molecule has 0 atom stereocenters. The molecular weight excluding hydrogens is 501 g/mol. The number of halogens is 3. The van der Waals surface area contributed by atoms with E-state index in [1.807, 2.05) is 20.2 Å². The van der Waals surface area contributed by atoms with E-state index in [1.165, 1.54) is 12.3 Å². The van der Waals surface area contributed by atoms with Crippen molar-refractivity contribution in [3.63, 3.8) is 0 Å². The van der Waals surface area contributed by atoms with E-state index < -0.39 is 17.6 Å². The van der Waals surface area contributed by atoms with Gasteiger partial charge in [0.15, 0.2) is 0 Å². The Kier molecular flexibility index (Phi) is 6.71. The molecule has 4 heterocycles. The first-order chi connectivity index (χ1) is 18.1. The van der Waals surface area contributed by atoms with Crippen molar-refractivity contribution < 1.29 is 22.7 Å². The average Bonchev–Trinajstić information content (AvgIpc) is 3.50. The van der Waals surface area contributed by atoms with Gasteiger partial charge in [0.25, 0.3) is 5.91 Å². The van der Waals surface area contributed by atoms with Crippen LogP contribution in [0.5, 0.6) is 0 Å². The van der Waals surface area contributed by atoms with E-state index in [0.717, 1.165) is 29.1 Å². The number of hydrazine groups is 2. The van der Waals surface area contributed by atoms with Gasteiger partial charge in [-0.1, -0.05) is 0 Å². The SMILES string of the molecule is Cc1ncc(C(=O)Nc2cc(N3CCOCC3)cc(C(F)(F)F)c2)cc1N1C=C(c2cnn(C)c2C)NN1. The number of hydrogen-bond acceptors (Lipinski definition) is 8. The Bertz CT molecular complexity index is 1400. The molecule has 0 spiro atoms. The third kappa shape index (κ3) is 5.15. The smallest absolute Gasteiger partial charge is 0.378 e. The number of nitrogens with zero attached hydrogens (tertiary/aromatic N) is 5. The van der Waals surface area contributed by atoms with Crippen molar-refractivity contribution in [2.24, 2.45) is 7.05 Å². The number of ether oxygens (including phenoxy) is 1. The molecule has 0 saturated carbocycles. The fraction of sp³-hybridized carbons (Fsp3) is 0.320. The summed E-state index contributed by atoms with van der Waals surface area (Å²) < 4.78 is 48.0. The molecule has 10 nitrogen and oxygen atoms in total. The van der Waals surface area contributed by atoms with Crippen LogP contribution < -0.4 is 26.2 Å². The molecule has 3 N–H and O–H groups in total. The molecule has 2 aliphatic heterocycles. The number of carbonyl (C=O) groups is 1. The number of nitrogens with one attached hydrogen (secondary N) is 3. The maximum absolute atomic E-state index is 13.6. The number of morpholine rings is 1. The zero-order chi connectivity index (χ0) is 27.0. The van der Waals surface area contributed by atoms with Crippen LogP contribution in [0.25, 0.3) is 5.70 Å². The van der Waals surface area contributed by atoms with Gasteiger partial charge >= 0.3 is 6.18 Å². The fourth-order valence-electron chi connectivity index (χ4n) is 4.29. The highest BCUT2D eigenvalue weighted by Gasteiger charge is 2.32. The first-order valence-corrected chi connectivity index (χ1v) is 11.9. The molecule has 0 aliphatic carbocycles. The van der Waals surface area contributed by atoms with Gasteiger partial charge in [-0.15, -0.1) is 5.53 Å². The first kappa shape index (κ1) is 25.5. The van der Waals surface area contributed by atoms with Crippen LogP contribution in [0, 0.1) is 13.8 Å². The minimum absolute atomic E-state index is 0.0450. The zero-order valence-electron chi connectivity index (χ0n) is 21.1. The Morgan fingerprint density at radius 1 is 1.11 bits per heavy atom. The van der Waals surface area contributed by atoms with Crippen molar-refractivity contribution in [2.75, 3.05) is 41.5 Å². The van der Waals surface area contributed by atoms with E-state index in [1.54, 1.807) is 33.8 Å². The van der Waals surface area contributed by atoms with E-state index >= 15 is 0 Å². The zero-order valence-corrected chi connectivity index (χ0v) is 21.1. The molecule has 0 bridgehead atoms. The minimum Gasteiger partial charge on any atom is -0.378 e. The van der Waals surface area contributed by atoms with Crippen LogP contribution in [0.15, 0.2) is 42.9 Å². The molecule has 200 valence electrons. The van der Waals surface area contributed by atoms with Gasteiger partial charge in [0, 0.05) is 55.2 Å². The summed E-state index contributed by atoms with van der Waals surface area (Å²) in [5.41, 5.74) is 9.77. The highest BCUT2D eigenvalue weighted by molar-refractivity contribution is 6.05. The van der Waals surface area contributed by atoms with Gasteiger partial charge in [-0.25, -0.2) is 0 Å². The third-order valence-corrected chi connectivity index (χ3v) is 6.56. The number of anilines is 3. The number of carbonyl (C=O) groups excluding carboxylic acids is 1. The van der Waals surface area contributed by atoms with E-state index in [-0.39, 0.29) is 11.3 Å². The van der Waals surface area contributed by atoms with E-state index in [9.17, 15) is 18.0 Å². The van der Waals surface area contributed by atoms with Crippen molar-refractivity contribution >= 4 is 28.7 Å². The van der Waals surface area contributed by atoms with E-state index in [0.29, 0.717) is 43.4 Å². The van der Waals surface area contributed by atoms with Crippen molar-refractivity contribution in [3.05, 3.63) is 70.9 Å². The predicted octanol–water partition coefficient (Wildman–Crippen LogP) is 3.37. The molecule has 1 saturated heterocycles. The van der Waals surface area contributed by atoms with Gasteiger partial charge in [0.1, 0.15) is 0 Å².